The number of carbonyl (C=O) groups excluding carboxylic acids is 2. The van der Waals surface area contributed by atoms with Gasteiger partial charge in [0.25, 0.3) is 5.91 Å². The van der Waals surface area contributed by atoms with Gasteiger partial charge in [-0.2, -0.15) is 0 Å². The minimum atomic E-state index is -1.03. The number of anilines is 1. The molecule has 0 bridgehead atoms. The Balaban J connectivity index is 2.15. The molecule has 1 heterocycles. The molecule has 0 saturated heterocycles. The molecule has 2 rings (SSSR count). The molecule has 0 aliphatic rings. The molecule has 1 amide bonds. The van der Waals surface area contributed by atoms with E-state index in [1.165, 1.54) is 19.1 Å². The molecule has 0 radical (unpaired) electrons. The van der Waals surface area contributed by atoms with Gasteiger partial charge < -0.3 is 5.32 Å². The third-order valence-corrected chi connectivity index (χ3v) is 3.54. The molecule has 0 saturated carbocycles. The van der Waals surface area contributed by atoms with E-state index >= 15 is 0 Å². The Hall–Kier alpha value is -2.08. The highest BCUT2D eigenvalue weighted by Crippen LogP contribution is 2.19. The molecule has 0 fully saturated rings. The highest BCUT2D eigenvalue weighted by molar-refractivity contribution is 7.16. The summed E-state index contributed by atoms with van der Waals surface area (Å²) in [7, 11) is 0. The first-order valence-electron chi connectivity index (χ1n) is 5.34. The lowest BCUT2D eigenvalue weighted by atomic mass is 10.3. The van der Waals surface area contributed by atoms with Gasteiger partial charge in [0.05, 0.1) is 9.75 Å². The summed E-state index contributed by atoms with van der Waals surface area (Å²) in [5.74, 6) is -2.61. The minimum absolute atomic E-state index is 0.128. The largest absolute Gasteiger partial charge is 0.321 e. The Morgan fingerprint density at radius 2 is 1.74 bits per heavy atom. The fourth-order valence-electron chi connectivity index (χ4n) is 1.42. The first-order chi connectivity index (χ1) is 8.97. The molecule has 19 heavy (non-hydrogen) atoms. The number of hydrogen-bond acceptors (Lipinski definition) is 3. The summed E-state index contributed by atoms with van der Waals surface area (Å²) in [5.41, 5.74) is 0.154. The van der Waals surface area contributed by atoms with Crippen molar-refractivity contribution >= 4 is 28.7 Å². The molecular formula is C13H9F2NO2S. The Morgan fingerprint density at radius 1 is 1.05 bits per heavy atom. The summed E-state index contributed by atoms with van der Waals surface area (Å²) in [5, 5.41) is 2.43. The first kappa shape index (κ1) is 13.4. The molecule has 1 aromatic heterocycles. The van der Waals surface area contributed by atoms with Crippen molar-refractivity contribution in [3.8, 4) is 0 Å². The van der Waals surface area contributed by atoms with Crippen LogP contribution in [0.2, 0.25) is 0 Å². The lowest BCUT2D eigenvalue weighted by Crippen LogP contribution is -2.10. The Labute approximate surface area is 111 Å². The van der Waals surface area contributed by atoms with Crippen molar-refractivity contribution < 1.29 is 18.4 Å². The van der Waals surface area contributed by atoms with Crippen LogP contribution in [0.5, 0.6) is 0 Å². The maximum atomic E-state index is 13.0. The molecule has 3 nitrogen and oxygen atoms in total. The Kier molecular flexibility index (Phi) is 3.71. The van der Waals surface area contributed by atoms with Crippen molar-refractivity contribution in [3.05, 3.63) is 51.7 Å². The minimum Gasteiger partial charge on any atom is -0.321 e. The van der Waals surface area contributed by atoms with Gasteiger partial charge in [-0.25, -0.2) is 8.78 Å². The van der Waals surface area contributed by atoms with Gasteiger partial charge in [-0.05, 0) is 31.2 Å². The number of nitrogens with one attached hydrogen (secondary N) is 1. The number of halogens is 2. The number of rotatable bonds is 3. The zero-order valence-corrected chi connectivity index (χ0v) is 10.7. The van der Waals surface area contributed by atoms with E-state index in [1.807, 2.05) is 0 Å². The monoisotopic (exact) mass is 281 g/mol. The summed E-state index contributed by atoms with van der Waals surface area (Å²) in [6.45, 7) is 1.41. The van der Waals surface area contributed by atoms with Crippen molar-refractivity contribution in [2.45, 2.75) is 6.92 Å². The van der Waals surface area contributed by atoms with Crippen LogP contribution in [-0.2, 0) is 0 Å². The van der Waals surface area contributed by atoms with E-state index in [2.05, 4.69) is 5.32 Å². The van der Waals surface area contributed by atoms with E-state index in [0.29, 0.717) is 9.75 Å². The topological polar surface area (TPSA) is 46.2 Å². The van der Waals surface area contributed by atoms with Crippen LogP contribution in [-0.4, -0.2) is 11.7 Å². The van der Waals surface area contributed by atoms with Gasteiger partial charge in [0.2, 0.25) is 0 Å². The fourth-order valence-corrected chi connectivity index (χ4v) is 2.21. The number of carbonyl (C=O) groups is 2. The number of Topliss-reactive ketones (excluding diaryl/α,β-unsaturated/α-hetero) is 1. The number of benzene rings is 1. The van der Waals surface area contributed by atoms with E-state index in [4.69, 9.17) is 0 Å². The molecule has 6 heteroatoms. The fraction of sp³-hybridized carbons (Fsp3) is 0.0769. The van der Waals surface area contributed by atoms with E-state index < -0.39 is 17.5 Å². The normalized spacial score (nSPS) is 10.3. The van der Waals surface area contributed by atoms with Crippen LogP contribution < -0.4 is 5.32 Å². The van der Waals surface area contributed by atoms with Gasteiger partial charge in [0.15, 0.2) is 17.4 Å². The second-order valence-electron chi connectivity index (χ2n) is 3.80. The summed E-state index contributed by atoms with van der Waals surface area (Å²) >= 11 is 1.05. The molecule has 0 spiro atoms. The van der Waals surface area contributed by atoms with E-state index in [1.54, 1.807) is 6.07 Å². The van der Waals surface area contributed by atoms with Crippen molar-refractivity contribution in [3.63, 3.8) is 0 Å². The molecular weight excluding hydrogens is 272 g/mol. The van der Waals surface area contributed by atoms with Gasteiger partial charge in [0.1, 0.15) is 0 Å². The summed E-state index contributed by atoms with van der Waals surface area (Å²) in [6, 6.07) is 6.15. The zero-order valence-electron chi connectivity index (χ0n) is 9.87. The van der Waals surface area contributed by atoms with Crippen molar-refractivity contribution in [1.82, 2.24) is 0 Å². The smallest absolute Gasteiger partial charge is 0.265 e. The third kappa shape index (κ3) is 3.03. The van der Waals surface area contributed by atoms with E-state index in [9.17, 15) is 18.4 Å². The predicted molar refractivity (Wildman–Crippen MR) is 68.6 cm³/mol. The Morgan fingerprint density at radius 3 is 2.32 bits per heavy atom. The van der Waals surface area contributed by atoms with Gasteiger partial charge in [-0.15, -0.1) is 11.3 Å². The molecule has 2 aromatic rings. The zero-order chi connectivity index (χ0) is 14.0. The van der Waals surface area contributed by atoms with Crippen molar-refractivity contribution in [2.24, 2.45) is 0 Å². The van der Waals surface area contributed by atoms with Crippen LogP contribution in [0.3, 0.4) is 0 Å². The molecule has 0 atom stereocenters. The van der Waals surface area contributed by atoms with Gasteiger partial charge in [-0.3, -0.25) is 9.59 Å². The van der Waals surface area contributed by atoms with Crippen molar-refractivity contribution in [1.29, 1.82) is 0 Å². The van der Waals surface area contributed by atoms with Gasteiger partial charge in [-0.1, -0.05) is 0 Å². The number of thiophene rings is 1. The average Bonchev–Trinajstić information content (AvgIpc) is 2.83. The van der Waals surface area contributed by atoms with Crippen LogP contribution in [0, 0.1) is 11.6 Å². The molecule has 0 unspecified atom stereocenters. The SMILES string of the molecule is CC(=O)c1ccc(C(=O)Nc2ccc(F)c(F)c2)s1. The maximum Gasteiger partial charge on any atom is 0.265 e. The highest BCUT2D eigenvalue weighted by atomic mass is 32.1. The second-order valence-corrected chi connectivity index (χ2v) is 4.89. The number of ketones is 1. The predicted octanol–water partition coefficient (Wildman–Crippen LogP) is 3.48. The van der Waals surface area contributed by atoms with Gasteiger partial charge in [0, 0.05) is 11.8 Å². The summed E-state index contributed by atoms with van der Waals surface area (Å²) in [6.07, 6.45) is 0. The van der Waals surface area contributed by atoms with E-state index in [-0.39, 0.29) is 11.5 Å². The van der Waals surface area contributed by atoms with Crippen LogP contribution in [0.25, 0.3) is 0 Å². The van der Waals surface area contributed by atoms with Crippen LogP contribution in [0.1, 0.15) is 26.3 Å². The highest BCUT2D eigenvalue weighted by Gasteiger charge is 2.12. The number of hydrogen-bond donors (Lipinski definition) is 1. The van der Waals surface area contributed by atoms with E-state index in [0.717, 1.165) is 23.5 Å². The molecule has 1 N–H and O–H groups in total. The maximum absolute atomic E-state index is 13.0. The molecule has 1 aromatic carbocycles. The average molecular weight is 281 g/mol. The summed E-state index contributed by atoms with van der Waals surface area (Å²) in [4.78, 5) is 23.7. The lowest BCUT2D eigenvalue weighted by molar-refractivity contribution is 0.101. The van der Waals surface area contributed by atoms with Crippen LogP contribution in [0.4, 0.5) is 14.5 Å². The third-order valence-electron chi connectivity index (χ3n) is 2.35. The Bertz CT molecular complexity index is 652. The quantitative estimate of drug-likeness (QED) is 0.875. The molecule has 0 aliphatic carbocycles. The molecule has 0 aliphatic heterocycles. The molecule has 98 valence electrons. The number of amides is 1. The lowest BCUT2D eigenvalue weighted by Gasteiger charge is -2.03. The van der Waals surface area contributed by atoms with Crippen molar-refractivity contribution in [2.75, 3.05) is 5.32 Å². The van der Waals surface area contributed by atoms with Gasteiger partial charge >= 0.3 is 0 Å². The first-order valence-corrected chi connectivity index (χ1v) is 6.16. The standard InChI is InChI=1S/C13H9F2NO2S/c1-7(17)11-4-5-12(19-11)13(18)16-8-2-3-9(14)10(15)6-8/h2-6H,1H3,(H,16,18). The second kappa shape index (κ2) is 5.27. The summed E-state index contributed by atoms with van der Waals surface area (Å²) < 4.78 is 25.7. The van der Waals surface area contributed by atoms with Crippen LogP contribution >= 0.6 is 11.3 Å². The van der Waals surface area contributed by atoms with Crippen LogP contribution in [0.15, 0.2) is 30.3 Å².